The normalized spacial score (nSPS) is 12.0. The highest BCUT2D eigenvalue weighted by Crippen LogP contribution is 1.88. The van der Waals surface area contributed by atoms with Gasteiger partial charge in [-0.15, -0.1) is 0 Å². The Labute approximate surface area is 33.7 Å². The molecule has 0 amide bonds. The van der Waals surface area contributed by atoms with Crippen LogP contribution in [-0.4, -0.2) is 5.11 Å². The van der Waals surface area contributed by atoms with Crippen LogP contribution in [0.25, 0.3) is 0 Å². The minimum atomic E-state index is -1.35. The maximum atomic E-state index is 10.7. The van der Waals surface area contributed by atoms with Crippen LogP contribution in [0.3, 0.4) is 0 Å². The molecule has 0 saturated heterocycles. The zero-order valence-corrected chi connectivity index (χ0v) is 3.04. The van der Waals surface area contributed by atoms with Gasteiger partial charge in [-0.25, -0.2) is 0 Å². The molecule has 0 unspecified atom stereocenters. The van der Waals surface area contributed by atoms with Crippen molar-refractivity contribution in [3.63, 3.8) is 0 Å². The van der Waals surface area contributed by atoms with E-state index in [0.29, 0.717) is 5.54 Å². The summed E-state index contributed by atoms with van der Waals surface area (Å²) < 4.78 is 10.7. The summed E-state index contributed by atoms with van der Waals surface area (Å²) in [5.41, 5.74) is 0.444. The van der Waals surface area contributed by atoms with Gasteiger partial charge in [-0.05, 0) is 0 Å². The number of rotatable bonds is 0. The molecule has 0 radical (unpaired) electrons. The van der Waals surface area contributed by atoms with Gasteiger partial charge in [-0.1, -0.05) is 11.6 Å². The maximum absolute atomic E-state index is 10.7. The third-order valence-electron chi connectivity index (χ3n) is 0.0900. The van der Waals surface area contributed by atoms with E-state index in [2.05, 4.69) is 11.6 Å². The summed E-state index contributed by atoms with van der Waals surface area (Å²) in [6.45, 7) is 0. The molecular formula is C2H2ClFO. The van der Waals surface area contributed by atoms with Crippen molar-refractivity contribution in [3.8, 4) is 0 Å². The number of aliphatic hydroxyl groups excluding tert-OH is 1. The van der Waals surface area contributed by atoms with Crippen LogP contribution in [0.5, 0.6) is 0 Å². The highest BCUT2D eigenvalue weighted by Gasteiger charge is 1.72. The van der Waals surface area contributed by atoms with E-state index < -0.39 is 6.01 Å². The number of aliphatic hydroxyl groups is 1. The fourth-order valence-corrected chi connectivity index (χ4v) is 0. The van der Waals surface area contributed by atoms with Crippen LogP contribution in [0, 0.1) is 0 Å². The van der Waals surface area contributed by atoms with Crippen molar-refractivity contribution in [1.29, 1.82) is 0 Å². The third kappa shape index (κ3) is 3.76. The fraction of sp³-hybridized carbons (Fsp3) is 0. The topological polar surface area (TPSA) is 20.2 Å². The molecular weight excluding hydrogens is 94.5 g/mol. The highest BCUT2D eigenvalue weighted by atomic mass is 35.5. The van der Waals surface area contributed by atoms with E-state index in [-0.39, 0.29) is 0 Å². The summed E-state index contributed by atoms with van der Waals surface area (Å²) in [5, 5.41) is 7.42. The van der Waals surface area contributed by atoms with Gasteiger partial charge in [0.15, 0.2) is 0 Å². The zero-order chi connectivity index (χ0) is 4.28. The van der Waals surface area contributed by atoms with Crippen molar-refractivity contribution in [2.24, 2.45) is 0 Å². The van der Waals surface area contributed by atoms with E-state index in [1.807, 2.05) is 0 Å². The zero-order valence-electron chi connectivity index (χ0n) is 2.28. The lowest BCUT2D eigenvalue weighted by molar-refractivity contribution is 0.285. The van der Waals surface area contributed by atoms with Crippen molar-refractivity contribution < 1.29 is 9.50 Å². The molecule has 0 atom stereocenters. The molecule has 1 N–H and O–H groups in total. The first-order valence-electron chi connectivity index (χ1n) is 0.919. The van der Waals surface area contributed by atoms with Crippen molar-refractivity contribution in [1.82, 2.24) is 0 Å². The van der Waals surface area contributed by atoms with Gasteiger partial charge in [0, 0.05) is 0 Å². The molecule has 0 spiro atoms. The largest absolute Gasteiger partial charge is 0.486 e. The number of halogens is 2. The molecule has 0 fully saturated rings. The van der Waals surface area contributed by atoms with E-state index in [4.69, 9.17) is 5.11 Å². The summed E-state index contributed by atoms with van der Waals surface area (Å²) in [6, 6.07) is -1.35. The highest BCUT2D eigenvalue weighted by molar-refractivity contribution is 6.25. The van der Waals surface area contributed by atoms with Crippen LogP contribution in [-0.2, 0) is 0 Å². The van der Waals surface area contributed by atoms with Gasteiger partial charge in [0.2, 0.25) is 0 Å². The Balaban J connectivity index is 3.14. The standard InChI is InChI=1S/C2H2ClFO/c3-1-2(4)5/h1,5H/b2-1+. The van der Waals surface area contributed by atoms with E-state index in [0.717, 1.165) is 0 Å². The Bertz CT molecular complexity index is 47.6. The average Bonchev–Trinajstić information content (AvgIpc) is 1.38. The van der Waals surface area contributed by atoms with Gasteiger partial charge >= 0.3 is 0 Å². The second kappa shape index (κ2) is 2.03. The molecule has 0 rings (SSSR count). The molecule has 5 heavy (non-hydrogen) atoms. The second-order valence-electron chi connectivity index (χ2n) is 0.432. The lowest BCUT2D eigenvalue weighted by atomic mass is 11.1. The van der Waals surface area contributed by atoms with Crippen molar-refractivity contribution in [2.75, 3.05) is 0 Å². The number of hydrogen-bond acceptors (Lipinski definition) is 1. The van der Waals surface area contributed by atoms with Crippen LogP contribution < -0.4 is 0 Å². The Kier molecular flexibility index (Phi) is 1.93. The van der Waals surface area contributed by atoms with E-state index in [1.165, 1.54) is 0 Å². The van der Waals surface area contributed by atoms with Gasteiger partial charge in [-0.3, -0.25) is 0 Å². The van der Waals surface area contributed by atoms with E-state index in [1.54, 1.807) is 0 Å². The maximum Gasteiger partial charge on any atom is 0.281 e. The summed E-state index contributed by atoms with van der Waals surface area (Å²) in [4.78, 5) is 0. The molecule has 0 aromatic heterocycles. The molecule has 1 nitrogen and oxygen atoms in total. The lowest BCUT2D eigenvalue weighted by Crippen LogP contribution is -1.55. The first-order valence-corrected chi connectivity index (χ1v) is 1.36. The quantitative estimate of drug-likeness (QED) is 0.454. The smallest absolute Gasteiger partial charge is 0.281 e. The minimum absolute atomic E-state index is 0.444. The molecule has 30 valence electrons. The van der Waals surface area contributed by atoms with Crippen LogP contribution in [0.1, 0.15) is 0 Å². The van der Waals surface area contributed by atoms with Crippen LogP contribution in [0.15, 0.2) is 11.5 Å². The monoisotopic (exact) mass is 96.0 g/mol. The SMILES string of the molecule is O/C(F)=C/Cl. The molecule has 0 aliphatic rings. The van der Waals surface area contributed by atoms with E-state index in [9.17, 15) is 4.39 Å². The molecule has 0 saturated carbocycles. The van der Waals surface area contributed by atoms with Gasteiger partial charge in [0.1, 0.15) is 0 Å². The minimum Gasteiger partial charge on any atom is -0.486 e. The summed E-state index contributed by atoms with van der Waals surface area (Å²) in [6.07, 6.45) is 0. The van der Waals surface area contributed by atoms with Crippen molar-refractivity contribution in [3.05, 3.63) is 11.5 Å². The molecule has 0 aliphatic carbocycles. The molecule has 3 heteroatoms. The molecule has 0 heterocycles. The van der Waals surface area contributed by atoms with Crippen molar-refractivity contribution >= 4 is 11.6 Å². The Morgan fingerprint density at radius 1 is 2.00 bits per heavy atom. The van der Waals surface area contributed by atoms with Gasteiger partial charge < -0.3 is 5.11 Å². The Morgan fingerprint density at radius 3 is 2.20 bits per heavy atom. The molecule has 0 aliphatic heterocycles. The summed E-state index contributed by atoms with van der Waals surface area (Å²) in [5.74, 6) is 0. The van der Waals surface area contributed by atoms with Crippen LogP contribution in [0.4, 0.5) is 4.39 Å². The molecule has 0 bridgehead atoms. The lowest BCUT2D eigenvalue weighted by Gasteiger charge is -1.67. The van der Waals surface area contributed by atoms with Crippen LogP contribution in [0.2, 0.25) is 0 Å². The summed E-state index contributed by atoms with van der Waals surface area (Å²) in [7, 11) is 0. The first kappa shape index (κ1) is 4.76. The second-order valence-corrected chi connectivity index (χ2v) is 0.650. The predicted octanol–water partition coefficient (Wildman–Crippen LogP) is 1.55. The van der Waals surface area contributed by atoms with Crippen molar-refractivity contribution in [2.45, 2.75) is 0 Å². The number of hydrogen-bond donors (Lipinski definition) is 1. The molecule has 0 aromatic rings. The fourth-order valence-electron chi connectivity index (χ4n) is 0. The average molecular weight is 96.5 g/mol. The van der Waals surface area contributed by atoms with E-state index >= 15 is 0 Å². The third-order valence-corrected chi connectivity index (χ3v) is 0.270. The Hall–Kier alpha value is -0.240. The molecule has 0 aromatic carbocycles. The first-order chi connectivity index (χ1) is 2.27. The predicted molar refractivity (Wildman–Crippen MR) is 17.7 cm³/mol. The van der Waals surface area contributed by atoms with Gasteiger partial charge in [0.05, 0.1) is 5.54 Å². The van der Waals surface area contributed by atoms with Crippen LogP contribution >= 0.6 is 11.6 Å². The summed E-state index contributed by atoms with van der Waals surface area (Å²) >= 11 is 4.55. The Morgan fingerprint density at radius 2 is 2.20 bits per heavy atom. The van der Waals surface area contributed by atoms with Gasteiger partial charge in [-0.2, -0.15) is 4.39 Å². The van der Waals surface area contributed by atoms with Gasteiger partial charge in [0.25, 0.3) is 6.01 Å².